The van der Waals surface area contributed by atoms with Crippen molar-refractivity contribution < 1.29 is 67.4 Å². The first-order chi connectivity index (χ1) is 34.4. The van der Waals surface area contributed by atoms with E-state index in [0.29, 0.717) is 47.4 Å². The van der Waals surface area contributed by atoms with Crippen molar-refractivity contribution >= 4 is 68.9 Å². The number of ether oxygens (including phenoxy) is 6. The molecule has 2 atom stereocenters. The Bertz CT molecular complexity index is 3080. The normalized spacial score (nSPS) is 12.7. The number of hydrogen-bond donors (Lipinski definition) is 2. The van der Waals surface area contributed by atoms with Gasteiger partial charge in [0.1, 0.15) is 50.1 Å². The number of benzene rings is 6. The molecule has 1 aliphatic rings. The van der Waals surface area contributed by atoms with Crippen molar-refractivity contribution in [3.05, 3.63) is 143 Å². The van der Waals surface area contributed by atoms with Gasteiger partial charge in [0.2, 0.25) is 0 Å². The average molecular weight is 961 g/mol. The van der Waals surface area contributed by atoms with E-state index in [1.54, 1.807) is 67.7 Å². The third-order valence-electron chi connectivity index (χ3n) is 11.2. The summed E-state index contributed by atoms with van der Waals surface area (Å²) in [6, 6.07) is 29.2. The molecule has 0 fully saturated rings. The average Bonchev–Trinajstić information content (AvgIpc) is 3.64. The van der Waals surface area contributed by atoms with Crippen LogP contribution in [0.2, 0.25) is 0 Å². The number of unbranched alkanes of at least 4 members (excludes halogenated alkanes) is 1. The summed E-state index contributed by atoms with van der Waals surface area (Å²) < 4.78 is 32.6. The fourth-order valence-corrected chi connectivity index (χ4v) is 7.71. The maximum atomic E-state index is 13.7. The van der Waals surface area contributed by atoms with Gasteiger partial charge in [0.15, 0.2) is 6.29 Å². The van der Waals surface area contributed by atoms with Crippen molar-refractivity contribution in [3.63, 3.8) is 0 Å². The first-order valence-electron chi connectivity index (χ1n) is 22.4. The number of rotatable bonds is 23. The molecule has 0 aliphatic carbocycles. The Morgan fingerprint density at radius 1 is 0.662 bits per heavy atom. The lowest BCUT2D eigenvalue weighted by Gasteiger charge is -2.21. The summed E-state index contributed by atoms with van der Waals surface area (Å²) in [5.74, 6) is 2.62. The lowest BCUT2D eigenvalue weighted by Crippen LogP contribution is -2.29. The minimum Gasteiger partial charge on any atom is -0.481 e. The molecule has 3 amide bonds. The van der Waals surface area contributed by atoms with Crippen LogP contribution in [0, 0.1) is 24.7 Å². The van der Waals surface area contributed by atoms with Gasteiger partial charge in [-0.15, -0.1) is 12.8 Å². The van der Waals surface area contributed by atoms with E-state index < -0.39 is 48.5 Å². The molecule has 0 saturated carbocycles. The second-order valence-electron chi connectivity index (χ2n) is 16.2. The van der Waals surface area contributed by atoms with Gasteiger partial charge in [0.25, 0.3) is 17.7 Å². The summed E-state index contributed by atoms with van der Waals surface area (Å²) in [5.41, 5.74) is 1.17. The summed E-state index contributed by atoms with van der Waals surface area (Å²) in [4.78, 5) is 81.0. The number of hydrogen-bond acceptors (Lipinski definition) is 14. The molecular formula is C55H48N2O14. The summed E-state index contributed by atoms with van der Waals surface area (Å²) in [6.07, 6.45) is 9.89. The molecule has 362 valence electrons. The Kier molecular flexibility index (Phi) is 16.9. The minimum absolute atomic E-state index is 0.00189. The Morgan fingerprint density at radius 2 is 1.21 bits per heavy atom. The predicted octanol–water partition coefficient (Wildman–Crippen LogP) is 6.46. The van der Waals surface area contributed by atoms with Gasteiger partial charge in [0, 0.05) is 36.6 Å². The van der Waals surface area contributed by atoms with Gasteiger partial charge in [-0.2, -0.15) is 0 Å². The van der Waals surface area contributed by atoms with E-state index in [0.717, 1.165) is 21.1 Å². The van der Waals surface area contributed by atoms with Gasteiger partial charge >= 0.3 is 11.9 Å². The molecule has 1 heterocycles. The second-order valence-corrected chi connectivity index (χ2v) is 16.2. The fraction of sp³-hybridized carbons (Fsp3) is 0.236. The lowest BCUT2D eigenvalue weighted by molar-refractivity contribution is -0.0182. The monoisotopic (exact) mass is 960 g/mol. The number of aliphatic hydroxyl groups excluding tert-OH is 2. The molecule has 0 spiro atoms. The largest absolute Gasteiger partial charge is 0.481 e. The van der Waals surface area contributed by atoms with Crippen LogP contribution in [0.25, 0.3) is 21.5 Å². The van der Waals surface area contributed by atoms with Gasteiger partial charge in [-0.05, 0) is 102 Å². The van der Waals surface area contributed by atoms with Gasteiger partial charge < -0.3 is 43.5 Å². The van der Waals surface area contributed by atoms with E-state index in [4.69, 9.17) is 41.3 Å². The van der Waals surface area contributed by atoms with Crippen molar-refractivity contribution in [2.24, 2.45) is 0 Å². The van der Waals surface area contributed by atoms with Crippen LogP contribution in [0.3, 0.4) is 0 Å². The van der Waals surface area contributed by atoms with E-state index in [9.17, 15) is 39.0 Å². The number of amides is 3. The molecule has 2 N–H and O–H groups in total. The van der Waals surface area contributed by atoms with Crippen LogP contribution in [0.4, 0.5) is 11.4 Å². The highest BCUT2D eigenvalue weighted by molar-refractivity contribution is 6.36. The number of terminal acetylenes is 2. The standard InChI is InChI=1S/C55H48N2O14/c1-4-22-68-42-17-20-44-35(26-42)10-8-12-49(44)56(3)51(61)47-28-37(14-15-39(47)30-58)54(64)70-33-40(59)31-66-24-6-7-25-67-32-41(60)34-71-55(65)38-16-19-46-48(29-38)53(63)57(52(46)62)50-13-9-11-36-27-43(69-23-5-2)18-21-45(36)50/h1-2,8-21,26-30,40-41,59-60H,6-7,22-25,31-34H2,3H3. The Labute approximate surface area is 408 Å². The van der Waals surface area contributed by atoms with Crippen LogP contribution < -0.4 is 19.3 Å². The van der Waals surface area contributed by atoms with E-state index in [1.807, 2.05) is 12.1 Å². The molecule has 0 saturated heterocycles. The topological polar surface area (TPSA) is 205 Å². The zero-order valence-electron chi connectivity index (χ0n) is 38.5. The van der Waals surface area contributed by atoms with Crippen LogP contribution in [0.1, 0.15) is 75.0 Å². The lowest BCUT2D eigenvalue weighted by atomic mass is 10.0. The van der Waals surface area contributed by atoms with Crippen molar-refractivity contribution in [2.45, 2.75) is 25.0 Å². The Balaban J connectivity index is 0.790. The third-order valence-corrected chi connectivity index (χ3v) is 11.2. The van der Waals surface area contributed by atoms with Crippen molar-refractivity contribution in [1.29, 1.82) is 0 Å². The van der Waals surface area contributed by atoms with Crippen molar-refractivity contribution in [3.8, 4) is 36.2 Å². The number of anilines is 2. The molecule has 1 aliphatic heterocycles. The van der Waals surface area contributed by atoms with Gasteiger partial charge in [-0.25, -0.2) is 14.5 Å². The highest BCUT2D eigenvalue weighted by Crippen LogP contribution is 2.36. The number of carbonyl (C=O) groups excluding carboxylic acids is 6. The van der Waals surface area contributed by atoms with Crippen molar-refractivity contribution in [2.75, 3.05) is 69.7 Å². The molecule has 7 rings (SSSR count). The molecule has 2 unspecified atom stereocenters. The molecule has 16 heteroatoms. The molecule has 0 aromatic heterocycles. The van der Waals surface area contributed by atoms with Crippen LogP contribution in [-0.4, -0.2) is 118 Å². The second kappa shape index (κ2) is 23.8. The number of nitrogens with zero attached hydrogens (tertiary/aromatic N) is 2. The van der Waals surface area contributed by atoms with E-state index in [1.165, 1.54) is 41.3 Å². The SMILES string of the molecule is C#CCOc1ccc2c(N(C)C(=O)c3cc(C(=O)OCC(O)COCCCCOCC(O)COC(=O)c4ccc5c(c4)C(=O)N(c4cccc6cc(OCC#C)ccc46)C5=O)ccc3C=O)cccc2c1. The summed E-state index contributed by atoms with van der Waals surface area (Å²) >= 11 is 0. The highest BCUT2D eigenvalue weighted by atomic mass is 16.6. The van der Waals surface area contributed by atoms with Gasteiger partial charge in [-0.3, -0.25) is 19.2 Å². The molecule has 16 nitrogen and oxygen atoms in total. The fourth-order valence-electron chi connectivity index (χ4n) is 7.71. The molecule has 0 radical (unpaired) electrons. The summed E-state index contributed by atoms with van der Waals surface area (Å²) in [5, 5.41) is 23.7. The molecule has 6 aromatic carbocycles. The predicted molar refractivity (Wildman–Crippen MR) is 262 cm³/mol. The van der Waals surface area contributed by atoms with Crippen LogP contribution in [0.15, 0.2) is 109 Å². The first-order valence-corrected chi connectivity index (χ1v) is 22.4. The van der Waals surface area contributed by atoms with Crippen LogP contribution in [-0.2, 0) is 18.9 Å². The molecule has 0 bridgehead atoms. The zero-order chi connectivity index (χ0) is 50.4. The Hall–Kier alpha value is -8.38. The van der Waals surface area contributed by atoms with Crippen LogP contribution >= 0.6 is 0 Å². The third kappa shape index (κ3) is 12.1. The van der Waals surface area contributed by atoms with Gasteiger partial charge in [0.05, 0.1) is 52.4 Å². The number of fused-ring (bicyclic) bond motifs is 3. The van der Waals surface area contributed by atoms with E-state index >= 15 is 0 Å². The number of aldehydes is 1. The molecule has 71 heavy (non-hydrogen) atoms. The highest BCUT2D eigenvalue weighted by Gasteiger charge is 2.38. The van der Waals surface area contributed by atoms with E-state index in [2.05, 4.69) is 11.8 Å². The number of imide groups is 1. The maximum absolute atomic E-state index is 13.7. The zero-order valence-corrected chi connectivity index (χ0v) is 38.5. The summed E-state index contributed by atoms with van der Waals surface area (Å²) in [7, 11) is 1.56. The quantitative estimate of drug-likeness (QED) is 0.0233. The summed E-state index contributed by atoms with van der Waals surface area (Å²) in [6.45, 7) is -0.364. The molecule has 6 aromatic rings. The van der Waals surface area contributed by atoms with Crippen LogP contribution in [0.5, 0.6) is 11.5 Å². The Morgan fingerprint density at radius 3 is 1.82 bits per heavy atom. The van der Waals surface area contributed by atoms with Gasteiger partial charge in [-0.1, -0.05) is 42.2 Å². The number of carbonyl (C=O) groups is 6. The number of esters is 2. The maximum Gasteiger partial charge on any atom is 0.338 e. The number of aliphatic hydroxyl groups is 2. The van der Waals surface area contributed by atoms with E-state index in [-0.39, 0.29) is 79.6 Å². The minimum atomic E-state index is -1.15. The smallest absolute Gasteiger partial charge is 0.338 e. The first kappa shape index (κ1) is 50.5. The van der Waals surface area contributed by atoms with Crippen molar-refractivity contribution in [1.82, 2.24) is 0 Å². The molecular weight excluding hydrogens is 913 g/mol.